The number of carbonyl (C=O) groups excluding carboxylic acids is 1. The van der Waals surface area contributed by atoms with Gasteiger partial charge in [-0.05, 0) is 49.7 Å². The van der Waals surface area contributed by atoms with Gasteiger partial charge in [-0.3, -0.25) is 9.69 Å². The number of rotatable bonds is 11. The molecule has 0 amide bonds. The average molecular weight is 423 g/mol. The van der Waals surface area contributed by atoms with Crippen LogP contribution in [0, 0.1) is 0 Å². The highest BCUT2D eigenvalue weighted by atomic mass is 35.5. The molecule has 1 N–H and O–H groups in total. The number of nitrogens with zero attached hydrogens (tertiary/aromatic N) is 1. The van der Waals surface area contributed by atoms with Crippen LogP contribution in [0.4, 0.5) is 11.4 Å². The minimum absolute atomic E-state index is 0.187. The van der Waals surface area contributed by atoms with Crippen LogP contribution in [0.1, 0.15) is 32.3 Å². The van der Waals surface area contributed by atoms with Crippen molar-refractivity contribution in [1.82, 2.24) is 4.90 Å². The molecule has 0 aliphatic carbocycles. The van der Waals surface area contributed by atoms with Crippen LogP contribution in [0.15, 0.2) is 42.5 Å². The Bertz CT molecular complexity index is 742. The quantitative estimate of drug-likeness (QED) is 0.454. The van der Waals surface area contributed by atoms with Gasteiger partial charge in [-0.25, -0.2) is 0 Å². The van der Waals surface area contributed by atoms with Crippen molar-refractivity contribution in [3.05, 3.63) is 58.1 Å². The Balaban J connectivity index is 1.96. The van der Waals surface area contributed by atoms with Crippen molar-refractivity contribution < 1.29 is 9.53 Å². The highest BCUT2D eigenvalue weighted by Gasteiger charge is 2.12. The van der Waals surface area contributed by atoms with Crippen molar-refractivity contribution >= 4 is 40.5 Å². The Kier molecular flexibility index (Phi) is 9.62. The van der Waals surface area contributed by atoms with Crippen LogP contribution >= 0.6 is 23.2 Å². The van der Waals surface area contributed by atoms with Gasteiger partial charge < -0.3 is 10.1 Å². The van der Waals surface area contributed by atoms with Crippen molar-refractivity contribution in [3.63, 3.8) is 0 Å². The number of esters is 1. The van der Waals surface area contributed by atoms with E-state index >= 15 is 0 Å². The molecule has 152 valence electrons. The first-order chi connectivity index (χ1) is 13.5. The van der Waals surface area contributed by atoms with Gasteiger partial charge in [-0.2, -0.15) is 0 Å². The molecule has 4 nitrogen and oxygen atoms in total. The van der Waals surface area contributed by atoms with Crippen LogP contribution in [0.2, 0.25) is 10.0 Å². The summed E-state index contributed by atoms with van der Waals surface area (Å²) in [7, 11) is 0. The molecule has 0 aromatic heterocycles. The number of hydrogen-bond donors (Lipinski definition) is 1. The minimum Gasteiger partial charge on any atom is -0.464 e. The van der Waals surface area contributed by atoms with E-state index in [2.05, 4.69) is 24.1 Å². The summed E-state index contributed by atoms with van der Waals surface area (Å²) in [4.78, 5) is 14.6. The van der Waals surface area contributed by atoms with E-state index in [-0.39, 0.29) is 12.4 Å². The predicted molar refractivity (Wildman–Crippen MR) is 118 cm³/mol. The first-order valence-electron chi connectivity index (χ1n) is 9.72. The Morgan fingerprint density at radius 2 is 1.61 bits per heavy atom. The van der Waals surface area contributed by atoms with Crippen molar-refractivity contribution in [2.45, 2.75) is 33.1 Å². The summed E-state index contributed by atoms with van der Waals surface area (Å²) in [5.41, 5.74) is 2.25. The van der Waals surface area contributed by atoms with Gasteiger partial charge in [0.15, 0.2) is 0 Å². The van der Waals surface area contributed by atoms with Crippen LogP contribution in [-0.4, -0.2) is 37.1 Å². The fourth-order valence-electron chi connectivity index (χ4n) is 3.01. The maximum atomic E-state index is 12.3. The fraction of sp³-hybridized carbons (Fsp3) is 0.409. The van der Waals surface area contributed by atoms with Crippen molar-refractivity contribution in [2.24, 2.45) is 0 Å². The third-order valence-corrected chi connectivity index (χ3v) is 4.95. The van der Waals surface area contributed by atoms with Gasteiger partial charge in [0.2, 0.25) is 0 Å². The zero-order valence-electron chi connectivity index (χ0n) is 16.5. The standard InChI is InChI=1S/C22H28Cl2N2O2/c1-3-12-26(13-4-2)14-15-28-21(27)16-17-8-5-6-11-20(17)25-22-18(23)9-7-10-19(22)24/h5-11,25H,3-4,12-16H2,1-2H3. The number of hydrogen-bond acceptors (Lipinski definition) is 4. The first-order valence-corrected chi connectivity index (χ1v) is 10.5. The topological polar surface area (TPSA) is 41.6 Å². The SMILES string of the molecule is CCCN(CCC)CCOC(=O)Cc1ccccc1Nc1c(Cl)cccc1Cl. The van der Waals surface area contributed by atoms with Gasteiger partial charge in [-0.1, -0.05) is 61.3 Å². The number of halogens is 2. The molecule has 2 aromatic carbocycles. The van der Waals surface area contributed by atoms with E-state index in [0.29, 0.717) is 22.3 Å². The van der Waals surface area contributed by atoms with Gasteiger partial charge in [0, 0.05) is 12.2 Å². The summed E-state index contributed by atoms with van der Waals surface area (Å²) in [5.74, 6) is -0.243. The van der Waals surface area contributed by atoms with Crippen molar-refractivity contribution in [3.8, 4) is 0 Å². The number of para-hydroxylation sites is 2. The van der Waals surface area contributed by atoms with Crippen LogP contribution < -0.4 is 5.32 Å². The molecule has 0 aliphatic rings. The van der Waals surface area contributed by atoms with E-state index in [0.717, 1.165) is 43.7 Å². The molecule has 0 saturated heterocycles. The second kappa shape index (κ2) is 11.9. The van der Waals surface area contributed by atoms with E-state index in [1.807, 2.05) is 24.3 Å². The van der Waals surface area contributed by atoms with Gasteiger partial charge in [-0.15, -0.1) is 0 Å². The predicted octanol–water partition coefficient (Wildman–Crippen LogP) is 5.94. The minimum atomic E-state index is -0.243. The normalized spacial score (nSPS) is 10.9. The van der Waals surface area contributed by atoms with Gasteiger partial charge in [0.25, 0.3) is 0 Å². The number of nitrogens with one attached hydrogen (secondary N) is 1. The highest BCUT2D eigenvalue weighted by Crippen LogP contribution is 2.33. The van der Waals surface area contributed by atoms with Crippen LogP contribution in [0.5, 0.6) is 0 Å². The van der Waals surface area contributed by atoms with E-state index in [1.165, 1.54) is 0 Å². The van der Waals surface area contributed by atoms with E-state index < -0.39 is 0 Å². The molecule has 0 radical (unpaired) electrons. The molecule has 2 rings (SSSR count). The van der Waals surface area contributed by atoms with Crippen LogP contribution in [0.25, 0.3) is 0 Å². The van der Waals surface area contributed by atoms with Crippen molar-refractivity contribution in [1.29, 1.82) is 0 Å². The maximum Gasteiger partial charge on any atom is 0.310 e. The lowest BCUT2D eigenvalue weighted by molar-refractivity contribution is -0.143. The number of anilines is 2. The molecular weight excluding hydrogens is 395 g/mol. The van der Waals surface area contributed by atoms with E-state index in [1.54, 1.807) is 18.2 Å². The molecule has 0 bridgehead atoms. The molecular formula is C22H28Cl2N2O2. The van der Waals surface area contributed by atoms with Gasteiger partial charge >= 0.3 is 5.97 Å². The monoisotopic (exact) mass is 422 g/mol. The summed E-state index contributed by atoms with van der Waals surface area (Å²) in [6.07, 6.45) is 2.38. The fourth-order valence-corrected chi connectivity index (χ4v) is 3.50. The largest absolute Gasteiger partial charge is 0.464 e. The summed E-state index contributed by atoms with van der Waals surface area (Å²) in [5, 5.41) is 4.29. The van der Waals surface area contributed by atoms with Crippen molar-refractivity contribution in [2.75, 3.05) is 31.6 Å². The molecule has 0 heterocycles. The molecule has 0 atom stereocenters. The van der Waals surface area contributed by atoms with E-state index in [4.69, 9.17) is 27.9 Å². The Hall–Kier alpha value is -1.75. The first kappa shape index (κ1) is 22.5. The summed E-state index contributed by atoms with van der Waals surface area (Å²) >= 11 is 12.5. The summed E-state index contributed by atoms with van der Waals surface area (Å²) < 4.78 is 5.46. The van der Waals surface area contributed by atoms with Gasteiger partial charge in [0.05, 0.1) is 22.2 Å². The smallest absolute Gasteiger partial charge is 0.310 e. The van der Waals surface area contributed by atoms with Gasteiger partial charge in [0.1, 0.15) is 6.61 Å². The Morgan fingerprint density at radius 3 is 2.25 bits per heavy atom. The molecule has 6 heteroatoms. The summed E-state index contributed by atoms with van der Waals surface area (Å²) in [6, 6.07) is 12.9. The molecule has 0 unspecified atom stereocenters. The lowest BCUT2D eigenvalue weighted by Crippen LogP contribution is -2.30. The lowest BCUT2D eigenvalue weighted by Gasteiger charge is -2.20. The molecule has 0 aliphatic heterocycles. The van der Waals surface area contributed by atoms with Crippen LogP contribution in [0.3, 0.4) is 0 Å². The zero-order chi connectivity index (χ0) is 20.4. The highest BCUT2D eigenvalue weighted by molar-refractivity contribution is 6.39. The Labute approximate surface area is 177 Å². The maximum absolute atomic E-state index is 12.3. The molecule has 0 spiro atoms. The average Bonchev–Trinajstić information content (AvgIpc) is 2.66. The molecule has 0 fully saturated rings. The molecule has 2 aromatic rings. The third-order valence-electron chi connectivity index (χ3n) is 4.32. The second-order valence-electron chi connectivity index (χ2n) is 6.62. The lowest BCUT2D eigenvalue weighted by atomic mass is 10.1. The molecule has 28 heavy (non-hydrogen) atoms. The number of benzene rings is 2. The Morgan fingerprint density at radius 1 is 0.964 bits per heavy atom. The zero-order valence-corrected chi connectivity index (χ0v) is 18.0. The summed E-state index contributed by atoms with van der Waals surface area (Å²) in [6.45, 7) is 7.54. The second-order valence-corrected chi connectivity index (χ2v) is 7.43. The van der Waals surface area contributed by atoms with E-state index in [9.17, 15) is 4.79 Å². The number of carbonyl (C=O) groups is 1. The number of ether oxygens (including phenoxy) is 1. The van der Waals surface area contributed by atoms with Crippen LogP contribution in [-0.2, 0) is 16.0 Å². The molecule has 0 saturated carbocycles. The third kappa shape index (κ3) is 7.01.